The summed E-state index contributed by atoms with van der Waals surface area (Å²) >= 11 is 0. The van der Waals surface area contributed by atoms with Gasteiger partial charge in [-0.05, 0) is 37.1 Å². The van der Waals surface area contributed by atoms with Gasteiger partial charge in [0.05, 0.1) is 6.54 Å². The fraction of sp³-hybridized carbons (Fsp3) is 0.381. The van der Waals surface area contributed by atoms with E-state index < -0.39 is 13.4 Å². The van der Waals surface area contributed by atoms with Crippen molar-refractivity contribution in [2.24, 2.45) is 0 Å². The molecule has 6 nitrogen and oxygen atoms in total. The second kappa shape index (κ2) is 8.38. The van der Waals surface area contributed by atoms with Gasteiger partial charge < -0.3 is 19.3 Å². The van der Waals surface area contributed by atoms with Crippen LogP contribution in [0, 0.1) is 0 Å². The molecule has 7 heteroatoms. The minimum absolute atomic E-state index is 0.0496. The molecule has 1 unspecified atom stereocenters. The Morgan fingerprint density at radius 3 is 2.07 bits per heavy atom. The van der Waals surface area contributed by atoms with E-state index in [0.717, 1.165) is 25.8 Å². The maximum absolute atomic E-state index is 14.0. The van der Waals surface area contributed by atoms with Gasteiger partial charge in [-0.25, -0.2) is 4.57 Å². The number of carbonyl (C=O) groups is 1. The number of nitrogens with zero attached hydrogens (tertiary/aromatic N) is 1. The van der Waals surface area contributed by atoms with Crippen molar-refractivity contribution >= 4 is 13.5 Å². The molecule has 0 aromatic heterocycles. The van der Waals surface area contributed by atoms with Crippen molar-refractivity contribution in [2.45, 2.75) is 37.5 Å². The van der Waals surface area contributed by atoms with Crippen LogP contribution in [0.3, 0.4) is 0 Å². The minimum atomic E-state index is -3.67. The lowest BCUT2D eigenvalue weighted by Crippen LogP contribution is -2.89. The normalized spacial score (nSPS) is 22.2. The first-order valence-electron chi connectivity index (χ1n) is 9.88. The first-order chi connectivity index (χ1) is 13.7. The Kier molecular flexibility index (Phi) is 5.69. The van der Waals surface area contributed by atoms with Gasteiger partial charge in [-0.15, -0.1) is 0 Å². The summed E-state index contributed by atoms with van der Waals surface area (Å²) in [7, 11) is -3.67. The second-order valence-electron chi connectivity index (χ2n) is 7.28. The number of amides is 1. The lowest BCUT2D eigenvalue weighted by molar-refractivity contribution is -0.658. The Balaban J connectivity index is 1.63. The van der Waals surface area contributed by atoms with Crippen LogP contribution in [0.2, 0.25) is 0 Å². The van der Waals surface area contributed by atoms with Crippen LogP contribution in [0.1, 0.15) is 25.7 Å². The lowest BCUT2D eigenvalue weighted by atomic mass is 10.2. The highest BCUT2D eigenvalue weighted by molar-refractivity contribution is 7.55. The van der Waals surface area contributed by atoms with Gasteiger partial charge in [0.2, 0.25) is 0 Å². The van der Waals surface area contributed by atoms with Crippen LogP contribution in [-0.4, -0.2) is 35.7 Å². The summed E-state index contributed by atoms with van der Waals surface area (Å²) in [4.78, 5) is 14.8. The van der Waals surface area contributed by atoms with Crippen LogP contribution in [0.4, 0.5) is 0 Å². The van der Waals surface area contributed by atoms with E-state index in [4.69, 9.17) is 9.05 Å². The Hall–Kier alpha value is -2.30. The molecule has 4 rings (SSSR count). The monoisotopic (exact) mass is 401 g/mol. The number of quaternary nitrogens is 1. The molecule has 0 spiro atoms. The van der Waals surface area contributed by atoms with Crippen LogP contribution in [0.15, 0.2) is 60.7 Å². The molecular weight excluding hydrogens is 375 g/mol. The highest BCUT2D eigenvalue weighted by Crippen LogP contribution is 2.57. The molecule has 148 valence electrons. The molecule has 2 saturated heterocycles. The molecule has 0 bridgehead atoms. The van der Waals surface area contributed by atoms with E-state index in [-0.39, 0.29) is 11.9 Å². The summed E-state index contributed by atoms with van der Waals surface area (Å²) < 4.78 is 26.0. The van der Waals surface area contributed by atoms with Crippen LogP contribution < -0.4 is 14.4 Å². The summed E-state index contributed by atoms with van der Waals surface area (Å²) in [5, 5.41) is 2.08. The van der Waals surface area contributed by atoms with Crippen molar-refractivity contribution in [3.8, 4) is 11.5 Å². The zero-order chi connectivity index (χ0) is 19.4. The van der Waals surface area contributed by atoms with E-state index in [0.29, 0.717) is 24.5 Å². The van der Waals surface area contributed by atoms with Crippen molar-refractivity contribution in [1.82, 2.24) is 4.90 Å². The molecule has 0 aliphatic carbocycles. The van der Waals surface area contributed by atoms with Gasteiger partial charge in [0, 0.05) is 19.4 Å². The fourth-order valence-corrected chi connectivity index (χ4v) is 6.13. The average molecular weight is 401 g/mol. The largest absolute Gasteiger partial charge is 0.453 e. The zero-order valence-electron chi connectivity index (χ0n) is 15.8. The number of para-hydroxylation sites is 2. The maximum atomic E-state index is 14.0. The molecule has 0 saturated carbocycles. The van der Waals surface area contributed by atoms with Crippen LogP contribution in [0.25, 0.3) is 0 Å². The molecule has 1 amide bonds. The van der Waals surface area contributed by atoms with Crippen molar-refractivity contribution in [1.29, 1.82) is 0 Å². The van der Waals surface area contributed by atoms with Gasteiger partial charge in [0.15, 0.2) is 11.8 Å². The Labute approximate surface area is 165 Å². The van der Waals surface area contributed by atoms with E-state index in [9.17, 15) is 9.36 Å². The molecule has 2 N–H and O–H groups in total. The van der Waals surface area contributed by atoms with E-state index >= 15 is 0 Å². The molecule has 0 radical (unpaired) electrons. The van der Waals surface area contributed by atoms with Gasteiger partial charge in [-0.2, -0.15) is 0 Å². The molecule has 2 heterocycles. The van der Waals surface area contributed by atoms with Crippen molar-refractivity contribution < 1.29 is 23.7 Å². The van der Waals surface area contributed by atoms with Crippen molar-refractivity contribution in [3.05, 3.63) is 60.7 Å². The summed E-state index contributed by atoms with van der Waals surface area (Å²) in [5.41, 5.74) is 0. The topological polar surface area (TPSA) is 72.5 Å². The third-order valence-electron chi connectivity index (χ3n) is 5.31. The summed E-state index contributed by atoms with van der Waals surface area (Å²) in [5.74, 6) is 0.435. The number of carbonyl (C=O) groups excluding carboxylic acids is 1. The molecule has 2 aliphatic rings. The van der Waals surface area contributed by atoms with Gasteiger partial charge >= 0.3 is 7.60 Å². The summed E-state index contributed by atoms with van der Waals surface area (Å²) in [6, 6.07) is 18.0. The standard InChI is InChI=1S/C21H25N2O4P/c24-21(19-13-7-15-22-19)23-16-8-14-20(23)28(25,26-17-9-3-1-4-10-17)27-18-11-5-2-6-12-18/h1-6,9-12,19-20,22H,7-8,13-16H2/p+1/t19-,20?/m0/s1. The highest BCUT2D eigenvalue weighted by atomic mass is 31.2. The van der Waals surface area contributed by atoms with E-state index in [1.807, 2.05) is 36.4 Å². The van der Waals surface area contributed by atoms with Gasteiger partial charge in [0.1, 0.15) is 11.5 Å². The molecule has 2 aromatic carbocycles. The summed E-state index contributed by atoms with van der Waals surface area (Å²) in [6.45, 7) is 1.56. The zero-order valence-corrected chi connectivity index (χ0v) is 16.7. The molecular formula is C21H26N2O4P+. The highest BCUT2D eigenvalue weighted by Gasteiger charge is 2.49. The number of hydrogen-bond donors (Lipinski definition) is 1. The predicted octanol–water partition coefficient (Wildman–Crippen LogP) is 3.01. The smallest absolute Gasteiger partial charge is 0.415 e. The first kappa shape index (κ1) is 19.0. The number of likely N-dealkylation sites (tertiary alicyclic amines) is 1. The van der Waals surface area contributed by atoms with E-state index in [2.05, 4.69) is 5.32 Å². The molecule has 2 atom stereocenters. The number of benzene rings is 2. The van der Waals surface area contributed by atoms with E-state index in [1.54, 1.807) is 29.2 Å². The van der Waals surface area contributed by atoms with Gasteiger partial charge in [0.25, 0.3) is 5.91 Å². The number of hydrogen-bond acceptors (Lipinski definition) is 4. The van der Waals surface area contributed by atoms with E-state index in [1.165, 1.54) is 0 Å². The van der Waals surface area contributed by atoms with Gasteiger partial charge in [-0.3, -0.25) is 4.79 Å². The Morgan fingerprint density at radius 2 is 1.54 bits per heavy atom. The Bertz CT molecular complexity index is 794. The van der Waals surface area contributed by atoms with Gasteiger partial charge in [-0.1, -0.05) is 36.4 Å². The van der Waals surface area contributed by atoms with Crippen LogP contribution in [0.5, 0.6) is 11.5 Å². The quantitative estimate of drug-likeness (QED) is 0.756. The number of rotatable bonds is 6. The van der Waals surface area contributed by atoms with Crippen molar-refractivity contribution in [2.75, 3.05) is 13.1 Å². The third kappa shape index (κ3) is 4.08. The molecule has 28 heavy (non-hydrogen) atoms. The predicted molar refractivity (Wildman–Crippen MR) is 106 cm³/mol. The fourth-order valence-electron chi connectivity index (χ4n) is 3.94. The molecule has 2 aliphatic heterocycles. The molecule has 2 fully saturated rings. The first-order valence-corrected chi connectivity index (χ1v) is 11.5. The van der Waals surface area contributed by atoms with Crippen LogP contribution >= 0.6 is 7.60 Å². The third-order valence-corrected chi connectivity index (χ3v) is 7.51. The minimum Gasteiger partial charge on any atom is -0.415 e. The summed E-state index contributed by atoms with van der Waals surface area (Å²) in [6.07, 6.45) is 3.30. The van der Waals surface area contributed by atoms with Crippen molar-refractivity contribution in [3.63, 3.8) is 0 Å². The maximum Gasteiger partial charge on any atom is 0.453 e. The average Bonchev–Trinajstić information content (AvgIpc) is 3.41. The lowest BCUT2D eigenvalue weighted by Gasteiger charge is -2.31. The molecule has 2 aromatic rings. The Morgan fingerprint density at radius 1 is 0.929 bits per heavy atom. The second-order valence-corrected chi connectivity index (χ2v) is 9.32. The number of nitrogens with two attached hydrogens (primary N) is 1. The SMILES string of the molecule is O=C([C@@H]1CCC[NH2+]1)N1CCCC1P(=O)(Oc1ccccc1)Oc1ccccc1. The van der Waals surface area contributed by atoms with Crippen LogP contribution in [-0.2, 0) is 9.36 Å².